The Morgan fingerprint density at radius 1 is 1.28 bits per heavy atom. The number of alkyl halides is 3. The number of nitrogens with one attached hydrogen (secondary N) is 1. The first-order valence-corrected chi connectivity index (χ1v) is 9.23. The van der Waals surface area contributed by atoms with Crippen LogP contribution in [0.1, 0.15) is 32.3 Å². The van der Waals surface area contributed by atoms with E-state index in [-0.39, 0.29) is 12.5 Å². The molecule has 1 aromatic rings. The minimum Gasteiger partial charge on any atom is -0.443 e. The van der Waals surface area contributed by atoms with Gasteiger partial charge in [-0.15, -0.1) is 0 Å². The number of carbonyl (C=O) groups is 2. The average molecular weight is 414 g/mol. The molecule has 1 aliphatic carbocycles. The number of nitrogens with zero attached hydrogens (tertiary/aromatic N) is 1. The lowest BCUT2D eigenvalue weighted by Crippen LogP contribution is -2.62. The van der Waals surface area contributed by atoms with Crippen molar-refractivity contribution in [1.29, 1.82) is 0 Å². The van der Waals surface area contributed by atoms with Gasteiger partial charge in [0.1, 0.15) is 6.61 Å². The van der Waals surface area contributed by atoms with E-state index in [1.54, 1.807) is 49.6 Å². The number of aliphatic hydroxyl groups is 1. The Morgan fingerprint density at radius 2 is 1.90 bits per heavy atom. The molecule has 0 spiro atoms. The summed E-state index contributed by atoms with van der Waals surface area (Å²) in [6, 6.07) is 7.47. The fraction of sp³-hybridized carbons (Fsp3) is 0.500. The van der Waals surface area contributed by atoms with Gasteiger partial charge in [-0.3, -0.25) is 10.2 Å². The normalized spacial score (nSPS) is 24.5. The van der Waals surface area contributed by atoms with Crippen molar-refractivity contribution in [2.75, 3.05) is 0 Å². The first-order valence-electron chi connectivity index (χ1n) is 9.23. The van der Waals surface area contributed by atoms with Gasteiger partial charge in [0.25, 0.3) is 0 Å². The monoisotopic (exact) mass is 414 g/mol. The van der Waals surface area contributed by atoms with Gasteiger partial charge in [0.15, 0.2) is 0 Å². The van der Waals surface area contributed by atoms with Crippen LogP contribution in [-0.4, -0.2) is 40.4 Å². The van der Waals surface area contributed by atoms with Crippen molar-refractivity contribution in [3.8, 4) is 0 Å². The standard InChI is InChI=1S/C20H25F3N2O4/c1-12(2)15-10-9-13(3)16(17(15)26)25(24-18(27)20(21,22)23)19(28)29-11-14-7-5-4-6-8-14/h4-8,13,15-17,26H,1,9-11H2,2-3H3,(H,24,27)/t13-,15+,16+,17+/m0/s1. The fourth-order valence-electron chi connectivity index (χ4n) is 3.51. The smallest absolute Gasteiger partial charge is 0.443 e. The van der Waals surface area contributed by atoms with Gasteiger partial charge in [-0.05, 0) is 31.2 Å². The van der Waals surface area contributed by atoms with Crippen LogP contribution in [0.15, 0.2) is 42.5 Å². The molecule has 1 aliphatic rings. The highest BCUT2D eigenvalue weighted by molar-refractivity contribution is 5.83. The number of ether oxygens (including phenoxy) is 1. The number of hydrazine groups is 1. The van der Waals surface area contributed by atoms with E-state index in [0.29, 0.717) is 29.0 Å². The summed E-state index contributed by atoms with van der Waals surface area (Å²) in [5, 5.41) is 11.2. The van der Waals surface area contributed by atoms with Crippen LogP contribution in [0.4, 0.5) is 18.0 Å². The molecule has 2 rings (SSSR count). The van der Waals surface area contributed by atoms with Crippen molar-refractivity contribution in [3.63, 3.8) is 0 Å². The van der Waals surface area contributed by atoms with Crippen LogP contribution in [0.25, 0.3) is 0 Å². The lowest BCUT2D eigenvalue weighted by Gasteiger charge is -2.44. The summed E-state index contributed by atoms with van der Waals surface area (Å²) in [5.74, 6) is -3.10. The second-order valence-electron chi connectivity index (χ2n) is 7.34. The molecule has 0 unspecified atom stereocenters. The van der Waals surface area contributed by atoms with Gasteiger partial charge in [0.2, 0.25) is 0 Å². The third kappa shape index (κ3) is 5.72. The molecule has 4 atom stereocenters. The van der Waals surface area contributed by atoms with E-state index in [9.17, 15) is 27.9 Å². The minimum atomic E-state index is -5.20. The summed E-state index contributed by atoms with van der Waals surface area (Å²) in [4.78, 5) is 24.2. The molecule has 0 aliphatic heterocycles. The van der Waals surface area contributed by atoms with Crippen molar-refractivity contribution in [3.05, 3.63) is 48.0 Å². The van der Waals surface area contributed by atoms with Crippen LogP contribution in [-0.2, 0) is 16.1 Å². The maximum atomic E-state index is 12.8. The SMILES string of the molecule is C=C(C)[C@H]1CC[C@H](C)[C@@H](N(NC(=O)C(F)(F)F)C(=O)OCc2ccccc2)[C@@H]1O. The first kappa shape index (κ1) is 22.7. The van der Waals surface area contributed by atoms with Crippen LogP contribution in [0, 0.1) is 11.8 Å². The van der Waals surface area contributed by atoms with E-state index in [1.165, 1.54) is 0 Å². The molecule has 29 heavy (non-hydrogen) atoms. The van der Waals surface area contributed by atoms with E-state index < -0.39 is 36.2 Å². The number of rotatable bonds is 4. The quantitative estimate of drug-likeness (QED) is 0.583. The van der Waals surface area contributed by atoms with Gasteiger partial charge in [0.05, 0.1) is 12.1 Å². The Morgan fingerprint density at radius 3 is 2.45 bits per heavy atom. The molecular formula is C20H25F3N2O4. The van der Waals surface area contributed by atoms with E-state index in [1.807, 2.05) is 0 Å². The molecule has 6 nitrogen and oxygen atoms in total. The summed E-state index contributed by atoms with van der Waals surface area (Å²) in [6.07, 6.45) is -6.47. The number of hydrogen-bond donors (Lipinski definition) is 2. The zero-order valence-corrected chi connectivity index (χ0v) is 16.3. The highest BCUT2D eigenvalue weighted by Gasteiger charge is 2.47. The molecule has 0 saturated heterocycles. The topological polar surface area (TPSA) is 78.9 Å². The summed E-state index contributed by atoms with van der Waals surface area (Å²) in [7, 11) is 0. The molecule has 0 aromatic heterocycles. The zero-order chi connectivity index (χ0) is 21.8. The predicted molar refractivity (Wildman–Crippen MR) is 99.2 cm³/mol. The Balaban J connectivity index is 2.26. The third-order valence-electron chi connectivity index (χ3n) is 5.09. The van der Waals surface area contributed by atoms with E-state index in [2.05, 4.69) is 6.58 Å². The molecule has 2 N–H and O–H groups in total. The van der Waals surface area contributed by atoms with Crippen molar-refractivity contribution >= 4 is 12.0 Å². The van der Waals surface area contributed by atoms with Gasteiger partial charge < -0.3 is 9.84 Å². The Labute approximate surface area is 167 Å². The van der Waals surface area contributed by atoms with Crippen molar-refractivity contribution in [2.24, 2.45) is 11.8 Å². The number of hydrogen-bond acceptors (Lipinski definition) is 4. The van der Waals surface area contributed by atoms with Crippen LogP contribution in [0.5, 0.6) is 0 Å². The molecule has 0 radical (unpaired) electrons. The van der Waals surface area contributed by atoms with Crippen LogP contribution < -0.4 is 5.43 Å². The van der Waals surface area contributed by atoms with Gasteiger partial charge >= 0.3 is 18.2 Å². The number of carbonyl (C=O) groups excluding carboxylic acids is 2. The van der Waals surface area contributed by atoms with Gasteiger partial charge in [0, 0.05) is 5.92 Å². The summed E-state index contributed by atoms with van der Waals surface area (Å²) >= 11 is 0. The van der Waals surface area contributed by atoms with Gasteiger partial charge in [-0.25, -0.2) is 9.80 Å². The second-order valence-corrected chi connectivity index (χ2v) is 7.34. The number of amides is 2. The number of halogens is 3. The van der Waals surface area contributed by atoms with E-state index in [4.69, 9.17) is 4.74 Å². The summed E-state index contributed by atoms with van der Waals surface area (Å²) in [5.41, 5.74) is 2.86. The molecular weight excluding hydrogens is 389 g/mol. The largest absolute Gasteiger partial charge is 0.472 e. The lowest BCUT2D eigenvalue weighted by atomic mass is 9.74. The lowest BCUT2D eigenvalue weighted by molar-refractivity contribution is -0.181. The molecule has 0 heterocycles. The van der Waals surface area contributed by atoms with Gasteiger partial charge in [-0.2, -0.15) is 13.2 Å². The zero-order valence-electron chi connectivity index (χ0n) is 16.3. The maximum Gasteiger partial charge on any atom is 0.472 e. The summed E-state index contributed by atoms with van der Waals surface area (Å²) < 4.78 is 43.6. The summed E-state index contributed by atoms with van der Waals surface area (Å²) in [6.45, 7) is 7.01. The minimum absolute atomic E-state index is 0.195. The molecule has 9 heteroatoms. The molecule has 1 aromatic carbocycles. The van der Waals surface area contributed by atoms with E-state index in [0.717, 1.165) is 0 Å². The van der Waals surface area contributed by atoms with E-state index >= 15 is 0 Å². The van der Waals surface area contributed by atoms with Crippen LogP contribution in [0.3, 0.4) is 0 Å². The molecule has 0 bridgehead atoms. The third-order valence-corrected chi connectivity index (χ3v) is 5.09. The highest BCUT2D eigenvalue weighted by atomic mass is 19.4. The predicted octanol–water partition coefficient (Wildman–Crippen LogP) is 3.57. The Bertz CT molecular complexity index is 739. The molecule has 1 saturated carbocycles. The Kier molecular flexibility index (Phi) is 7.29. The van der Waals surface area contributed by atoms with Crippen molar-refractivity contribution in [2.45, 2.75) is 51.6 Å². The number of benzene rings is 1. The Hall–Kier alpha value is -2.55. The van der Waals surface area contributed by atoms with Crippen molar-refractivity contribution in [1.82, 2.24) is 10.4 Å². The van der Waals surface area contributed by atoms with Crippen LogP contribution in [0.2, 0.25) is 0 Å². The molecule has 2 amide bonds. The average Bonchev–Trinajstić information content (AvgIpc) is 2.64. The second kappa shape index (κ2) is 9.30. The first-order chi connectivity index (χ1) is 13.5. The van der Waals surface area contributed by atoms with Gasteiger partial charge in [-0.1, -0.05) is 49.4 Å². The molecule has 160 valence electrons. The van der Waals surface area contributed by atoms with Crippen molar-refractivity contribution < 1.29 is 32.6 Å². The fourth-order valence-corrected chi connectivity index (χ4v) is 3.51. The number of aliphatic hydroxyl groups excluding tert-OH is 1. The highest BCUT2D eigenvalue weighted by Crippen LogP contribution is 2.36. The maximum absolute atomic E-state index is 12.8. The molecule has 1 fully saturated rings. The van der Waals surface area contributed by atoms with Crippen LogP contribution >= 0.6 is 0 Å².